The molecular weight excluding hydrogens is 396 g/mol. The number of tetrazole rings is 1. The van der Waals surface area contributed by atoms with Gasteiger partial charge < -0.3 is 20.1 Å². The molecule has 0 bridgehead atoms. The summed E-state index contributed by atoms with van der Waals surface area (Å²) in [7, 11) is 3.15. The van der Waals surface area contributed by atoms with E-state index in [2.05, 4.69) is 26.2 Å². The van der Waals surface area contributed by atoms with Crippen LogP contribution in [0.2, 0.25) is 0 Å². The molecule has 1 aliphatic rings. The monoisotopic (exact) mass is 420 g/mol. The molecule has 4 rings (SSSR count). The molecule has 1 aliphatic heterocycles. The zero-order valence-electron chi connectivity index (χ0n) is 18.1. The number of methoxy groups -OCH3 is 2. The van der Waals surface area contributed by atoms with Crippen LogP contribution in [0.5, 0.6) is 11.5 Å². The zero-order chi connectivity index (χ0) is 22.1. The van der Waals surface area contributed by atoms with Gasteiger partial charge in [-0.1, -0.05) is 28.9 Å². The molecule has 0 aliphatic carbocycles. The Hall–Kier alpha value is -3.88. The standard InChI is InChI=1S/C22H24N6O3/c1-12-6-8-16(13(2)10-12)24-21(29)19-14(3)23-22-25-26-27-28(22)20(19)15-7-9-17(30-4)18(11-15)31-5/h6-11,20H,1-5H3,(H,24,29)(H,23,25,27)/t20-/m0/s1. The van der Waals surface area contributed by atoms with E-state index in [0.29, 0.717) is 28.7 Å². The van der Waals surface area contributed by atoms with Crippen molar-refractivity contribution >= 4 is 17.5 Å². The SMILES string of the molecule is COc1ccc([C@H]2C(C(=O)Nc3ccc(C)cc3C)=C(C)Nc3nnnn32)cc1OC. The lowest BCUT2D eigenvalue weighted by molar-refractivity contribution is -0.113. The van der Waals surface area contributed by atoms with Crippen molar-refractivity contribution in [1.82, 2.24) is 20.2 Å². The van der Waals surface area contributed by atoms with E-state index in [-0.39, 0.29) is 5.91 Å². The van der Waals surface area contributed by atoms with Crippen LogP contribution < -0.4 is 20.1 Å². The van der Waals surface area contributed by atoms with Gasteiger partial charge in [0.1, 0.15) is 6.04 Å². The van der Waals surface area contributed by atoms with E-state index in [4.69, 9.17) is 9.47 Å². The Bertz CT molecular complexity index is 1180. The van der Waals surface area contributed by atoms with Gasteiger partial charge >= 0.3 is 0 Å². The Morgan fingerprint density at radius 3 is 2.55 bits per heavy atom. The van der Waals surface area contributed by atoms with Crippen molar-refractivity contribution in [3.8, 4) is 11.5 Å². The van der Waals surface area contributed by atoms with E-state index in [1.165, 1.54) is 0 Å². The van der Waals surface area contributed by atoms with E-state index >= 15 is 0 Å². The fraction of sp³-hybridized carbons (Fsp3) is 0.273. The van der Waals surface area contributed by atoms with Crippen LogP contribution in [0.25, 0.3) is 0 Å². The lowest BCUT2D eigenvalue weighted by Crippen LogP contribution is -2.31. The van der Waals surface area contributed by atoms with Crippen molar-refractivity contribution in [3.63, 3.8) is 0 Å². The second kappa shape index (κ2) is 8.10. The number of benzene rings is 2. The van der Waals surface area contributed by atoms with Gasteiger partial charge in [0.05, 0.1) is 19.8 Å². The van der Waals surface area contributed by atoms with E-state index < -0.39 is 6.04 Å². The summed E-state index contributed by atoms with van der Waals surface area (Å²) in [4.78, 5) is 13.5. The van der Waals surface area contributed by atoms with Gasteiger partial charge in [0.15, 0.2) is 11.5 Å². The van der Waals surface area contributed by atoms with Gasteiger partial charge in [0, 0.05) is 11.4 Å². The van der Waals surface area contributed by atoms with E-state index in [1.54, 1.807) is 25.0 Å². The van der Waals surface area contributed by atoms with Crippen LogP contribution in [0.1, 0.15) is 29.7 Å². The van der Waals surface area contributed by atoms with Crippen molar-refractivity contribution in [1.29, 1.82) is 0 Å². The molecule has 0 spiro atoms. The molecule has 0 saturated carbocycles. The van der Waals surface area contributed by atoms with Crippen molar-refractivity contribution in [2.24, 2.45) is 0 Å². The molecule has 1 atom stereocenters. The van der Waals surface area contributed by atoms with E-state index in [0.717, 1.165) is 22.4 Å². The first-order valence-corrected chi connectivity index (χ1v) is 9.79. The molecule has 2 heterocycles. The first kappa shape index (κ1) is 20.4. The van der Waals surface area contributed by atoms with Gasteiger partial charge in [-0.2, -0.15) is 4.68 Å². The Kier molecular flexibility index (Phi) is 5.33. The number of carbonyl (C=O) groups excluding carboxylic acids is 1. The molecule has 3 aromatic rings. The number of carbonyl (C=O) groups is 1. The molecule has 2 aromatic carbocycles. The lowest BCUT2D eigenvalue weighted by Gasteiger charge is -2.28. The molecular formula is C22H24N6O3. The fourth-order valence-corrected chi connectivity index (χ4v) is 3.78. The third-order valence-electron chi connectivity index (χ3n) is 5.31. The maximum absolute atomic E-state index is 13.5. The van der Waals surface area contributed by atoms with Crippen LogP contribution in [-0.2, 0) is 4.79 Å². The molecule has 1 amide bonds. The number of rotatable bonds is 5. The van der Waals surface area contributed by atoms with Crippen LogP contribution >= 0.6 is 0 Å². The van der Waals surface area contributed by atoms with Crippen molar-refractivity contribution < 1.29 is 14.3 Å². The zero-order valence-corrected chi connectivity index (χ0v) is 18.1. The highest BCUT2D eigenvalue weighted by Gasteiger charge is 2.34. The summed E-state index contributed by atoms with van der Waals surface area (Å²) in [6, 6.07) is 10.9. The fourth-order valence-electron chi connectivity index (χ4n) is 3.78. The molecule has 0 unspecified atom stereocenters. The van der Waals surface area contributed by atoms with Gasteiger partial charge in [-0.25, -0.2) is 0 Å². The molecule has 160 valence electrons. The average molecular weight is 420 g/mol. The molecule has 0 radical (unpaired) electrons. The Morgan fingerprint density at radius 2 is 1.84 bits per heavy atom. The van der Waals surface area contributed by atoms with E-state index in [9.17, 15) is 4.79 Å². The number of hydrogen-bond donors (Lipinski definition) is 2. The minimum absolute atomic E-state index is 0.238. The van der Waals surface area contributed by atoms with E-state index in [1.807, 2.05) is 51.1 Å². The number of nitrogens with zero attached hydrogens (tertiary/aromatic N) is 4. The van der Waals surface area contributed by atoms with Crippen molar-refractivity contribution in [2.75, 3.05) is 24.9 Å². The number of aryl methyl sites for hydroxylation is 2. The van der Waals surface area contributed by atoms with Crippen LogP contribution in [0.4, 0.5) is 11.6 Å². The average Bonchev–Trinajstić information content (AvgIpc) is 3.22. The Labute approximate surface area is 180 Å². The number of hydrogen-bond acceptors (Lipinski definition) is 7. The van der Waals surface area contributed by atoms with Crippen LogP contribution in [0, 0.1) is 13.8 Å². The summed E-state index contributed by atoms with van der Waals surface area (Å²) in [5, 5.41) is 18.1. The number of amides is 1. The van der Waals surface area contributed by atoms with Gasteiger partial charge in [-0.05, 0) is 60.5 Å². The predicted molar refractivity (Wildman–Crippen MR) is 116 cm³/mol. The third kappa shape index (κ3) is 3.70. The summed E-state index contributed by atoms with van der Waals surface area (Å²) < 4.78 is 12.4. The molecule has 9 heteroatoms. The topological polar surface area (TPSA) is 103 Å². The predicted octanol–water partition coefficient (Wildman–Crippen LogP) is 3.23. The Balaban J connectivity index is 1.78. The second-order valence-electron chi connectivity index (χ2n) is 7.40. The largest absolute Gasteiger partial charge is 0.493 e. The maximum atomic E-state index is 13.5. The van der Waals surface area contributed by atoms with Gasteiger partial charge in [0.25, 0.3) is 5.91 Å². The smallest absolute Gasteiger partial charge is 0.255 e. The Morgan fingerprint density at radius 1 is 1.06 bits per heavy atom. The highest BCUT2D eigenvalue weighted by Crippen LogP contribution is 2.38. The number of anilines is 2. The van der Waals surface area contributed by atoms with Crippen LogP contribution in [0.15, 0.2) is 47.7 Å². The molecule has 9 nitrogen and oxygen atoms in total. The first-order valence-electron chi connectivity index (χ1n) is 9.79. The second-order valence-corrected chi connectivity index (χ2v) is 7.40. The number of aromatic nitrogens is 4. The maximum Gasteiger partial charge on any atom is 0.255 e. The van der Waals surface area contributed by atoms with Gasteiger partial charge in [-0.15, -0.1) is 0 Å². The van der Waals surface area contributed by atoms with Gasteiger partial charge in [0.2, 0.25) is 5.95 Å². The normalized spacial score (nSPS) is 15.2. The number of ether oxygens (including phenoxy) is 2. The summed E-state index contributed by atoms with van der Waals surface area (Å²) >= 11 is 0. The molecule has 0 fully saturated rings. The highest BCUT2D eigenvalue weighted by molar-refractivity contribution is 6.06. The highest BCUT2D eigenvalue weighted by atomic mass is 16.5. The number of nitrogens with one attached hydrogen (secondary N) is 2. The van der Waals surface area contributed by atoms with Gasteiger partial charge in [-0.3, -0.25) is 4.79 Å². The third-order valence-corrected chi connectivity index (χ3v) is 5.31. The lowest BCUT2D eigenvalue weighted by atomic mass is 9.94. The molecule has 0 saturated heterocycles. The summed E-state index contributed by atoms with van der Waals surface area (Å²) in [6.07, 6.45) is 0. The first-order chi connectivity index (χ1) is 14.9. The minimum Gasteiger partial charge on any atom is -0.493 e. The quantitative estimate of drug-likeness (QED) is 0.653. The van der Waals surface area contributed by atoms with Crippen molar-refractivity contribution in [3.05, 3.63) is 64.4 Å². The van der Waals surface area contributed by atoms with Crippen molar-refractivity contribution in [2.45, 2.75) is 26.8 Å². The van der Waals surface area contributed by atoms with Crippen LogP contribution in [-0.4, -0.2) is 40.3 Å². The number of allylic oxidation sites excluding steroid dienone is 1. The molecule has 31 heavy (non-hydrogen) atoms. The summed E-state index contributed by atoms with van der Waals surface area (Å²) in [5.74, 6) is 1.37. The summed E-state index contributed by atoms with van der Waals surface area (Å²) in [6.45, 7) is 5.82. The van der Waals surface area contributed by atoms with Crippen LogP contribution in [0.3, 0.4) is 0 Å². The minimum atomic E-state index is -0.545. The molecule has 2 N–H and O–H groups in total. The summed E-state index contributed by atoms with van der Waals surface area (Å²) in [5.41, 5.74) is 4.84. The molecule has 1 aromatic heterocycles. The number of fused-ring (bicyclic) bond motifs is 1.